The molecule has 0 amide bonds. The van der Waals surface area contributed by atoms with Crippen molar-refractivity contribution in [1.82, 2.24) is 4.98 Å². The van der Waals surface area contributed by atoms with Gasteiger partial charge in [0.1, 0.15) is 5.82 Å². The lowest BCUT2D eigenvalue weighted by molar-refractivity contribution is 0.150. The Labute approximate surface area is 55.5 Å². The van der Waals surface area contributed by atoms with E-state index in [2.05, 4.69) is 4.98 Å². The van der Waals surface area contributed by atoms with Crippen LogP contribution in [0.3, 0.4) is 0 Å². The molecular weight excluding hydrogens is 143 g/mol. The second kappa shape index (κ2) is 2.68. The van der Waals surface area contributed by atoms with E-state index in [4.69, 9.17) is 0 Å². The minimum Gasteiger partial charge on any atom is -0.261 e. The molecule has 1 rings (SSSR count). The number of alkyl halides is 2. The summed E-state index contributed by atoms with van der Waals surface area (Å²) in [7, 11) is 0. The van der Waals surface area contributed by atoms with Crippen LogP contribution in [0.2, 0.25) is 0 Å². The van der Waals surface area contributed by atoms with Crippen LogP contribution >= 0.6 is 0 Å². The molecule has 0 unspecified atom stereocenters. The first-order valence-electron chi connectivity index (χ1n) is 2.59. The molecule has 0 saturated heterocycles. The van der Waals surface area contributed by atoms with Crippen molar-refractivity contribution >= 4 is 0 Å². The summed E-state index contributed by atoms with van der Waals surface area (Å²) >= 11 is 0. The lowest BCUT2D eigenvalue weighted by Crippen LogP contribution is -1.86. The predicted octanol–water partition coefficient (Wildman–Crippen LogP) is 2.16. The Morgan fingerprint density at radius 3 is 2.40 bits per heavy atom. The highest BCUT2D eigenvalue weighted by atomic mass is 19.3. The predicted molar refractivity (Wildman–Crippen MR) is 29.2 cm³/mol. The third-order valence-corrected chi connectivity index (χ3v) is 0.978. The number of nitrogens with zero attached hydrogens (tertiary/aromatic N) is 1. The van der Waals surface area contributed by atoms with Crippen LogP contribution in [-0.2, 0) is 0 Å². The summed E-state index contributed by atoms with van der Waals surface area (Å²) in [5, 5.41) is 0. The van der Waals surface area contributed by atoms with E-state index in [1.165, 1.54) is 0 Å². The van der Waals surface area contributed by atoms with Gasteiger partial charge < -0.3 is 0 Å². The number of hydrogen-bond donors (Lipinski definition) is 0. The van der Waals surface area contributed by atoms with Gasteiger partial charge >= 0.3 is 0 Å². The van der Waals surface area contributed by atoms with E-state index < -0.39 is 12.2 Å². The quantitative estimate of drug-likeness (QED) is 0.593. The van der Waals surface area contributed by atoms with Gasteiger partial charge in [-0.1, -0.05) is 0 Å². The zero-order valence-electron chi connectivity index (χ0n) is 4.89. The second-order valence-corrected chi connectivity index (χ2v) is 1.74. The summed E-state index contributed by atoms with van der Waals surface area (Å²) in [6.45, 7) is 0. The molecule has 0 radical (unpaired) electrons. The maximum Gasteiger partial charge on any atom is 0.265 e. The zero-order chi connectivity index (χ0) is 7.56. The molecule has 4 heteroatoms. The minimum absolute atomic E-state index is 0.389. The maximum absolute atomic E-state index is 12.1. The van der Waals surface area contributed by atoms with Crippen LogP contribution in [-0.4, -0.2) is 4.98 Å². The molecule has 1 nitrogen and oxygen atoms in total. The second-order valence-electron chi connectivity index (χ2n) is 1.74. The van der Waals surface area contributed by atoms with E-state index in [0.717, 1.165) is 18.5 Å². The molecule has 0 saturated carbocycles. The van der Waals surface area contributed by atoms with Crippen LogP contribution in [0.25, 0.3) is 0 Å². The fraction of sp³-hybridized carbons (Fsp3) is 0.167. The van der Waals surface area contributed by atoms with Crippen molar-refractivity contribution in [2.45, 2.75) is 6.43 Å². The fourth-order valence-electron chi connectivity index (χ4n) is 0.548. The molecule has 0 atom stereocenters. The van der Waals surface area contributed by atoms with Gasteiger partial charge in [-0.15, -0.1) is 0 Å². The molecule has 1 heterocycles. The molecule has 0 bridgehead atoms. The van der Waals surface area contributed by atoms with Crippen molar-refractivity contribution in [3.05, 3.63) is 29.8 Å². The van der Waals surface area contributed by atoms with Gasteiger partial charge in [-0.3, -0.25) is 4.98 Å². The van der Waals surface area contributed by atoms with Gasteiger partial charge in [0.05, 0.1) is 6.20 Å². The number of aromatic nitrogens is 1. The number of pyridine rings is 1. The molecule has 1 aromatic rings. The minimum atomic E-state index is -2.65. The van der Waals surface area contributed by atoms with Crippen LogP contribution in [0.4, 0.5) is 13.2 Å². The van der Waals surface area contributed by atoms with Crippen molar-refractivity contribution in [2.24, 2.45) is 0 Å². The van der Waals surface area contributed by atoms with Crippen LogP contribution in [0.5, 0.6) is 0 Å². The molecule has 1 aromatic heterocycles. The number of hydrogen-bond acceptors (Lipinski definition) is 1. The van der Waals surface area contributed by atoms with Crippen LogP contribution in [0.15, 0.2) is 18.5 Å². The zero-order valence-corrected chi connectivity index (χ0v) is 4.89. The summed E-state index contributed by atoms with van der Waals surface area (Å²) in [6, 6.07) is 0.762. The first-order valence-corrected chi connectivity index (χ1v) is 2.59. The number of halogens is 3. The Kier molecular flexibility index (Phi) is 1.89. The molecule has 0 N–H and O–H groups in total. The van der Waals surface area contributed by atoms with Crippen molar-refractivity contribution in [1.29, 1.82) is 0 Å². The van der Waals surface area contributed by atoms with Crippen molar-refractivity contribution in [3.8, 4) is 0 Å². The average Bonchev–Trinajstić information content (AvgIpc) is 1.88. The van der Waals surface area contributed by atoms with Gasteiger partial charge in [-0.05, 0) is 6.07 Å². The summed E-state index contributed by atoms with van der Waals surface area (Å²) in [4.78, 5) is 3.25. The van der Waals surface area contributed by atoms with E-state index in [9.17, 15) is 13.2 Å². The lowest BCUT2D eigenvalue weighted by Gasteiger charge is -1.95. The fourth-order valence-corrected chi connectivity index (χ4v) is 0.548. The largest absolute Gasteiger partial charge is 0.265 e. The highest BCUT2D eigenvalue weighted by molar-refractivity contribution is 5.10. The summed E-state index contributed by atoms with van der Waals surface area (Å²) in [5.41, 5.74) is -0.389. The van der Waals surface area contributed by atoms with Crippen LogP contribution in [0.1, 0.15) is 12.0 Å². The van der Waals surface area contributed by atoms with Crippen molar-refractivity contribution in [3.63, 3.8) is 0 Å². The summed E-state index contributed by atoms with van der Waals surface area (Å²) in [6.07, 6.45) is -0.831. The van der Waals surface area contributed by atoms with E-state index in [1.54, 1.807) is 0 Å². The normalized spacial score (nSPS) is 10.4. The number of rotatable bonds is 1. The first-order chi connectivity index (χ1) is 4.70. The van der Waals surface area contributed by atoms with E-state index >= 15 is 0 Å². The van der Waals surface area contributed by atoms with Crippen LogP contribution < -0.4 is 0 Å². The van der Waals surface area contributed by atoms with Crippen molar-refractivity contribution < 1.29 is 13.2 Å². The average molecular weight is 147 g/mol. The summed E-state index contributed by atoms with van der Waals surface area (Å²) < 4.78 is 35.6. The van der Waals surface area contributed by atoms with E-state index in [0.29, 0.717) is 0 Å². The smallest absolute Gasteiger partial charge is 0.261 e. The van der Waals surface area contributed by atoms with Crippen LogP contribution in [0, 0.1) is 5.82 Å². The molecule has 0 aliphatic heterocycles. The first kappa shape index (κ1) is 7.05. The Morgan fingerprint density at radius 1 is 1.30 bits per heavy atom. The maximum atomic E-state index is 12.1. The Hall–Kier alpha value is -1.06. The van der Waals surface area contributed by atoms with Gasteiger partial charge in [0.25, 0.3) is 6.43 Å². The standard InChI is InChI=1S/C6H4F3N/c7-5-1-4(6(8)9)2-10-3-5/h1-3,6H. The molecule has 0 spiro atoms. The summed E-state index contributed by atoms with van der Waals surface area (Å²) in [5.74, 6) is -0.738. The van der Waals surface area contributed by atoms with Crippen molar-refractivity contribution in [2.75, 3.05) is 0 Å². The Balaban J connectivity index is 2.96. The third-order valence-electron chi connectivity index (χ3n) is 0.978. The van der Waals surface area contributed by atoms with Gasteiger partial charge in [-0.2, -0.15) is 0 Å². The topological polar surface area (TPSA) is 12.9 Å². The highest BCUT2D eigenvalue weighted by Gasteiger charge is 2.06. The Morgan fingerprint density at radius 2 is 2.00 bits per heavy atom. The van der Waals surface area contributed by atoms with Gasteiger partial charge in [0.15, 0.2) is 0 Å². The van der Waals surface area contributed by atoms with E-state index in [1.807, 2.05) is 0 Å². The molecule has 0 aliphatic rings. The molecule has 0 fully saturated rings. The molecule has 54 valence electrons. The van der Waals surface area contributed by atoms with Gasteiger partial charge in [0.2, 0.25) is 0 Å². The van der Waals surface area contributed by atoms with E-state index in [-0.39, 0.29) is 5.56 Å². The van der Waals surface area contributed by atoms with Gasteiger partial charge in [0, 0.05) is 11.8 Å². The third kappa shape index (κ3) is 1.46. The SMILES string of the molecule is Fc1cncc(C(F)F)c1. The Bertz CT molecular complexity index is 224. The van der Waals surface area contributed by atoms with Gasteiger partial charge in [-0.25, -0.2) is 13.2 Å². The monoisotopic (exact) mass is 147 g/mol. The molecular formula is C6H4F3N. The molecule has 0 aromatic carbocycles. The molecule has 10 heavy (non-hydrogen) atoms. The highest BCUT2D eigenvalue weighted by Crippen LogP contribution is 2.17. The molecule has 0 aliphatic carbocycles. The lowest BCUT2D eigenvalue weighted by atomic mass is 10.3.